The van der Waals surface area contributed by atoms with E-state index in [-0.39, 0.29) is 12.3 Å². The first-order chi connectivity index (χ1) is 10.9. The molecule has 0 saturated heterocycles. The van der Waals surface area contributed by atoms with E-state index in [1.165, 1.54) is 0 Å². The summed E-state index contributed by atoms with van der Waals surface area (Å²) in [6.45, 7) is 5.57. The Morgan fingerprint density at radius 3 is 2.78 bits per heavy atom. The quantitative estimate of drug-likeness (QED) is 0.629. The Morgan fingerprint density at radius 2 is 2.09 bits per heavy atom. The largest absolute Gasteiger partial charge is 0.490 e. The third-order valence-corrected chi connectivity index (χ3v) is 4.79. The van der Waals surface area contributed by atoms with Crippen LogP contribution in [0, 0.1) is 5.92 Å². The maximum Gasteiger partial charge on any atom is 0.211 e. The summed E-state index contributed by atoms with van der Waals surface area (Å²) in [5.74, 6) is 1.37. The van der Waals surface area contributed by atoms with E-state index in [4.69, 9.17) is 9.47 Å². The zero-order valence-electron chi connectivity index (χ0n) is 14.0. The van der Waals surface area contributed by atoms with Crippen molar-refractivity contribution in [1.82, 2.24) is 4.72 Å². The van der Waals surface area contributed by atoms with Gasteiger partial charge >= 0.3 is 0 Å². The van der Waals surface area contributed by atoms with Gasteiger partial charge in [-0.25, -0.2) is 13.1 Å². The molecule has 0 bridgehead atoms. The molecule has 23 heavy (non-hydrogen) atoms. The lowest BCUT2D eigenvalue weighted by Gasteiger charge is -2.10. The summed E-state index contributed by atoms with van der Waals surface area (Å²) < 4.78 is 37.7. The Morgan fingerprint density at radius 1 is 1.30 bits per heavy atom. The Balaban J connectivity index is 1.70. The molecule has 0 radical (unpaired) electrons. The molecule has 1 saturated carbocycles. The minimum absolute atomic E-state index is 0.0867. The molecule has 1 aromatic carbocycles. The maximum atomic E-state index is 12.0. The van der Waals surface area contributed by atoms with Crippen molar-refractivity contribution in [3.8, 4) is 5.75 Å². The van der Waals surface area contributed by atoms with Gasteiger partial charge in [-0.15, -0.1) is 0 Å². The van der Waals surface area contributed by atoms with E-state index < -0.39 is 10.0 Å². The van der Waals surface area contributed by atoms with Crippen molar-refractivity contribution in [3.63, 3.8) is 0 Å². The van der Waals surface area contributed by atoms with Crippen LogP contribution in [-0.4, -0.2) is 33.5 Å². The number of ether oxygens (including phenoxy) is 2. The van der Waals surface area contributed by atoms with Gasteiger partial charge in [0.15, 0.2) is 0 Å². The zero-order valence-corrected chi connectivity index (χ0v) is 14.8. The average Bonchev–Trinajstić information content (AvgIpc) is 3.29. The van der Waals surface area contributed by atoms with Gasteiger partial charge in [0.25, 0.3) is 0 Å². The van der Waals surface area contributed by atoms with E-state index in [0.717, 1.165) is 24.2 Å². The standard InChI is InChI=1S/C17H27NO4S/c1-14(2)13-21-9-4-10-23(19,20)18-12-15-5-3-6-17(11-15)22-16-7-8-16/h3,5-6,11,14,16,18H,4,7-10,12-13H2,1-2H3. The van der Waals surface area contributed by atoms with Crippen molar-refractivity contribution in [1.29, 1.82) is 0 Å². The minimum atomic E-state index is -3.27. The minimum Gasteiger partial charge on any atom is -0.490 e. The summed E-state index contributed by atoms with van der Waals surface area (Å²) in [6.07, 6.45) is 3.06. The van der Waals surface area contributed by atoms with Crippen LogP contribution < -0.4 is 9.46 Å². The van der Waals surface area contributed by atoms with Crippen molar-refractivity contribution >= 4 is 10.0 Å². The Hall–Kier alpha value is -1.11. The molecule has 0 unspecified atom stereocenters. The Labute approximate surface area is 139 Å². The fourth-order valence-corrected chi connectivity index (χ4v) is 3.07. The fourth-order valence-electron chi connectivity index (χ4n) is 2.04. The lowest BCUT2D eigenvalue weighted by atomic mass is 10.2. The zero-order chi connectivity index (χ0) is 16.7. The molecule has 6 heteroatoms. The molecule has 2 rings (SSSR count). The second-order valence-electron chi connectivity index (χ2n) is 6.43. The third-order valence-electron chi connectivity index (χ3n) is 3.37. The number of rotatable bonds is 11. The Bertz CT molecular complexity index is 582. The molecule has 0 heterocycles. The third kappa shape index (κ3) is 7.81. The van der Waals surface area contributed by atoms with E-state index in [9.17, 15) is 8.42 Å². The van der Waals surface area contributed by atoms with Crippen LogP contribution in [0.25, 0.3) is 0 Å². The van der Waals surface area contributed by atoms with Gasteiger partial charge in [0.1, 0.15) is 5.75 Å². The van der Waals surface area contributed by atoms with Crippen LogP contribution in [-0.2, 0) is 21.3 Å². The van der Waals surface area contributed by atoms with Crippen LogP contribution in [0.2, 0.25) is 0 Å². The van der Waals surface area contributed by atoms with Gasteiger partial charge in [-0.2, -0.15) is 0 Å². The van der Waals surface area contributed by atoms with Crippen LogP contribution in [0.1, 0.15) is 38.7 Å². The van der Waals surface area contributed by atoms with E-state index in [1.54, 1.807) is 0 Å². The average molecular weight is 341 g/mol. The van der Waals surface area contributed by atoms with Crippen molar-refractivity contribution in [2.45, 2.75) is 45.8 Å². The number of nitrogens with one attached hydrogen (secondary N) is 1. The second-order valence-corrected chi connectivity index (χ2v) is 8.35. The van der Waals surface area contributed by atoms with E-state index in [0.29, 0.717) is 31.7 Å². The first-order valence-corrected chi connectivity index (χ1v) is 9.90. The van der Waals surface area contributed by atoms with Gasteiger partial charge in [-0.05, 0) is 42.9 Å². The van der Waals surface area contributed by atoms with Gasteiger partial charge in [0.05, 0.1) is 11.9 Å². The molecule has 0 spiro atoms. The maximum absolute atomic E-state index is 12.0. The molecular weight excluding hydrogens is 314 g/mol. The molecule has 1 N–H and O–H groups in total. The van der Waals surface area contributed by atoms with E-state index in [1.807, 2.05) is 24.3 Å². The van der Waals surface area contributed by atoms with Crippen LogP contribution >= 0.6 is 0 Å². The van der Waals surface area contributed by atoms with Gasteiger partial charge < -0.3 is 9.47 Å². The van der Waals surface area contributed by atoms with E-state index in [2.05, 4.69) is 18.6 Å². The number of sulfonamides is 1. The molecule has 5 nitrogen and oxygen atoms in total. The molecule has 0 amide bonds. The molecule has 1 aliphatic carbocycles. The Kier molecular flexibility index (Phi) is 6.87. The molecule has 0 aliphatic heterocycles. The number of hydrogen-bond donors (Lipinski definition) is 1. The van der Waals surface area contributed by atoms with Crippen LogP contribution in [0.5, 0.6) is 5.75 Å². The van der Waals surface area contributed by atoms with Gasteiger partial charge in [0.2, 0.25) is 10.0 Å². The molecule has 1 aliphatic rings. The molecular formula is C17H27NO4S. The van der Waals surface area contributed by atoms with Crippen molar-refractivity contribution in [3.05, 3.63) is 29.8 Å². The van der Waals surface area contributed by atoms with Gasteiger partial charge in [-0.1, -0.05) is 26.0 Å². The molecule has 1 fully saturated rings. The number of benzene rings is 1. The van der Waals surface area contributed by atoms with Crippen LogP contribution in [0.3, 0.4) is 0 Å². The summed E-state index contributed by atoms with van der Waals surface area (Å²) in [5.41, 5.74) is 0.905. The van der Waals surface area contributed by atoms with Crippen molar-refractivity contribution < 1.29 is 17.9 Å². The summed E-state index contributed by atoms with van der Waals surface area (Å²) in [5, 5.41) is 0. The molecule has 0 aromatic heterocycles. The first kappa shape index (κ1) is 18.2. The predicted molar refractivity (Wildman–Crippen MR) is 91.0 cm³/mol. The lowest BCUT2D eigenvalue weighted by Crippen LogP contribution is -2.26. The van der Waals surface area contributed by atoms with Crippen LogP contribution in [0.4, 0.5) is 0 Å². The highest BCUT2D eigenvalue weighted by Crippen LogP contribution is 2.27. The van der Waals surface area contributed by atoms with Crippen molar-refractivity contribution in [2.75, 3.05) is 19.0 Å². The molecule has 130 valence electrons. The summed E-state index contributed by atoms with van der Waals surface area (Å²) >= 11 is 0. The summed E-state index contributed by atoms with van der Waals surface area (Å²) in [6, 6.07) is 7.59. The molecule has 0 atom stereocenters. The van der Waals surface area contributed by atoms with Gasteiger partial charge in [-0.3, -0.25) is 0 Å². The highest BCUT2D eigenvalue weighted by molar-refractivity contribution is 7.89. The number of hydrogen-bond acceptors (Lipinski definition) is 4. The smallest absolute Gasteiger partial charge is 0.211 e. The van der Waals surface area contributed by atoms with Crippen molar-refractivity contribution in [2.24, 2.45) is 5.92 Å². The fraction of sp³-hybridized carbons (Fsp3) is 0.647. The SMILES string of the molecule is CC(C)COCCCS(=O)(=O)NCc1cccc(OC2CC2)c1. The molecule has 1 aromatic rings. The lowest BCUT2D eigenvalue weighted by molar-refractivity contribution is 0.111. The second kappa shape index (κ2) is 8.66. The highest BCUT2D eigenvalue weighted by Gasteiger charge is 2.23. The van der Waals surface area contributed by atoms with Crippen LogP contribution in [0.15, 0.2) is 24.3 Å². The first-order valence-electron chi connectivity index (χ1n) is 8.25. The monoisotopic (exact) mass is 341 g/mol. The highest BCUT2D eigenvalue weighted by atomic mass is 32.2. The summed E-state index contributed by atoms with van der Waals surface area (Å²) in [4.78, 5) is 0. The topological polar surface area (TPSA) is 64.6 Å². The van der Waals surface area contributed by atoms with Gasteiger partial charge in [0, 0.05) is 19.8 Å². The normalized spacial score (nSPS) is 15.1. The predicted octanol–water partition coefficient (Wildman–Crippen LogP) is 2.71. The van der Waals surface area contributed by atoms with E-state index >= 15 is 0 Å². The summed E-state index contributed by atoms with van der Waals surface area (Å²) in [7, 11) is -3.27.